The molecule has 0 aliphatic heterocycles. The second kappa shape index (κ2) is 8.12. The van der Waals surface area contributed by atoms with Gasteiger partial charge in [0.25, 0.3) is 5.56 Å². The SMILES string of the molecule is COc1cc2nc(CNC(C)c3cccc(C(F)(F)F)c3)[nH]c(=O)c2cc1OC. The van der Waals surface area contributed by atoms with Crippen molar-refractivity contribution < 1.29 is 22.6 Å². The fraction of sp³-hybridized carbons (Fsp3) is 0.300. The minimum Gasteiger partial charge on any atom is -0.493 e. The second-order valence-electron chi connectivity index (χ2n) is 6.46. The lowest BCUT2D eigenvalue weighted by atomic mass is 10.0. The summed E-state index contributed by atoms with van der Waals surface area (Å²) in [6.07, 6.45) is -4.40. The minimum atomic E-state index is -4.40. The van der Waals surface area contributed by atoms with Gasteiger partial charge in [-0.05, 0) is 30.7 Å². The molecule has 154 valence electrons. The van der Waals surface area contributed by atoms with Gasteiger partial charge < -0.3 is 19.8 Å². The number of fused-ring (bicyclic) bond motifs is 1. The zero-order valence-electron chi connectivity index (χ0n) is 16.1. The number of alkyl halides is 3. The molecule has 0 amide bonds. The van der Waals surface area contributed by atoms with Gasteiger partial charge in [0.15, 0.2) is 11.5 Å². The predicted molar refractivity (Wildman–Crippen MR) is 102 cm³/mol. The summed E-state index contributed by atoms with van der Waals surface area (Å²) >= 11 is 0. The lowest BCUT2D eigenvalue weighted by Crippen LogP contribution is -2.22. The van der Waals surface area contributed by atoms with Crippen LogP contribution in [0.25, 0.3) is 10.9 Å². The molecule has 3 aromatic rings. The molecule has 29 heavy (non-hydrogen) atoms. The number of halogens is 3. The first-order valence-electron chi connectivity index (χ1n) is 8.78. The monoisotopic (exact) mass is 407 g/mol. The van der Waals surface area contributed by atoms with Gasteiger partial charge in [0.1, 0.15) is 5.82 Å². The Bertz CT molecular complexity index is 1080. The third kappa shape index (κ3) is 4.51. The molecule has 0 saturated carbocycles. The van der Waals surface area contributed by atoms with Crippen LogP contribution in [-0.2, 0) is 12.7 Å². The zero-order valence-corrected chi connectivity index (χ0v) is 16.1. The summed E-state index contributed by atoms with van der Waals surface area (Å²) in [5.74, 6) is 1.21. The molecule has 6 nitrogen and oxygen atoms in total. The Morgan fingerprint density at radius 2 is 1.83 bits per heavy atom. The van der Waals surface area contributed by atoms with Crippen molar-refractivity contribution in [1.29, 1.82) is 0 Å². The van der Waals surface area contributed by atoms with Crippen molar-refractivity contribution in [3.05, 3.63) is 63.7 Å². The predicted octanol–water partition coefficient (Wildman–Crippen LogP) is 3.81. The average molecular weight is 407 g/mol. The summed E-state index contributed by atoms with van der Waals surface area (Å²) < 4.78 is 49.1. The number of benzene rings is 2. The van der Waals surface area contributed by atoms with Gasteiger partial charge >= 0.3 is 6.18 Å². The van der Waals surface area contributed by atoms with Gasteiger partial charge in [-0.3, -0.25) is 4.79 Å². The highest BCUT2D eigenvalue weighted by molar-refractivity contribution is 5.81. The Morgan fingerprint density at radius 3 is 2.48 bits per heavy atom. The number of rotatable bonds is 6. The van der Waals surface area contributed by atoms with E-state index in [9.17, 15) is 18.0 Å². The molecule has 0 spiro atoms. The first-order chi connectivity index (χ1) is 13.7. The molecule has 1 aromatic heterocycles. The molecule has 0 fully saturated rings. The Morgan fingerprint density at radius 1 is 1.14 bits per heavy atom. The summed E-state index contributed by atoms with van der Waals surface area (Å²) in [5.41, 5.74) is -0.148. The van der Waals surface area contributed by atoms with Crippen molar-refractivity contribution in [1.82, 2.24) is 15.3 Å². The van der Waals surface area contributed by atoms with Crippen molar-refractivity contribution in [2.75, 3.05) is 14.2 Å². The van der Waals surface area contributed by atoms with E-state index in [1.165, 1.54) is 20.3 Å². The van der Waals surface area contributed by atoms with Crippen LogP contribution in [0.15, 0.2) is 41.2 Å². The number of hydrogen-bond acceptors (Lipinski definition) is 5. The van der Waals surface area contributed by atoms with E-state index >= 15 is 0 Å². The Kier molecular flexibility index (Phi) is 5.78. The smallest absolute Gasteiger partial charge is 0.416 e. The molecule has 1 unspecified atom stereocenters. The van der Waals surface area contributed by atoms with E-state index in [0.29, 0.717) is 33.8 Å². The van der Waals surface area contributed by atoms with Crippen LogP contribution < -0.4 is 20.3 Å². The minimum absolute atomic E-state index is 0.164. The number of hydrogen-bond donors (Lipinski definition) is 2. The molecule has 9 heteroatoms. The van der Waals surface area contributed by atoms with E-state index in [1.54, 1.807) is 25.1 Å². The number of methoxy groups -OCH3 is 2. The maximum Gasteiger partial charge on any atom is 0.416 e. The number of aromatic amines is 1. The van der Waals surface area contributed by atoms with E-state index in [0.717, 1.165) is 12.1 Å². The van der Waals surface area contributed by atoms with Gasteiger partial charge in [0.05, 0.1) is 37.2 Å². The quantitative estimate of drug-likeness (QED) is 0.650. The molecule has 0 saturated heterocycles. The van der Waals surface area contributed by atoms with Gasteiger partial charge in [-0.15, -0.1) is 0 Å². The van der Waals surface area contributed by atoms with Crippen molar-refractivity contribution >= 4 is 10.9 Å². The molecule has 3 rings (SSSR count). The molecule has 2 N–H and O–H groups in total. The van der Waals surface area contributed by atoms with Crippen LogP contribution in [0.5, 0.6) is 11.5 Å². The van der Waals surface area contributed by atoms with Crippen molar-refractivity contribution in [3.8, 4) is 11.5 Å². The molecule has 1 atom stereocenters. The molecule has 0 aliphatic carbocycles. The molecule has 1 heterocycles. The molecule has 0 aliphatic rings. The van der Waals surface area contributed by atoms with Crippen molar-refractivity contribution in [3.63, 3.8) is 0 Å². The highest BCUT2D eigenvalue weighted by atomic mass is 19.4. The van der Waals surface area contributed by atoms with E-state index in [4.69, 9.17) is 9.47 Å². The summed E-state index contributed by atoms with van der Waals surface area (Å²) in [6.45, 7) is 1.90. The van der Waals surface area contributed by atoms with Crippen LogP contribution in [0, 0.1) is 0 Å². The van der Waals surface area contributed by atoms with Crippen LogP contribution in [0.2, 0.25) is 0 Å². The van der Waals surface area contributed by atoms with Gasteiger partial charge in [-0.2, -0.15) is 13.2 Å². The third-order valence-electron chi connectivity index (χ3n) is 4.55. The number of nitrogens with zero attached hydrogens (tertiary/aromatic N) is 1. The van der Waals surface area contributed by atoms with Gasteiger partial charge in [0, 0.05) is 12.1 Å². The maximum atomic E-state index is 12.9. The van der Waals surface area contributed by atoms with Gasteiger partial charge in [-0.1, -0.05) is 12.1 Å². The van der Waals surface area contributed by atoms with E-state index < -0.39 is 11.7 Å². The van der Waals surface area contributed by atoms with E-state index in [2.05, 4.69) is 15.3 Å². The fourth-order valence-electron chi connectivity index (χ4n) is 2.95. The molecule has 2 aromatic carbocycles. The lowest BCUT2D eigenvalue weighted by molar-refractivity contribution is -0.137. The molecular formula is C20H20F3N3O3. The highest BCUT2D eigenvalue weighted by Crippen LogP contribution is 2.31. The van der Waals surface area contributed by atoms with Crippen LogP contribution in [0.3, 0.4) is 0 Å². The van der Waals surface area contributed by atoms with Gasteiger partial charge in [-0.25, -0.2) is 4.98 Å². The lowest BCUT2D eigenvalue weighted by Gasteiger charge is -2.16. The first kappa shape index (κ1) is 20.7. The molecule has 0 radical (unpaired) electrons. The summed E-state index contributed by atoms with van der Waals surface area (Å²) in [4.78, 5) is 19.5. The standard InChI is InChI=1S/C20H20F3N3O3/c1-11(12-5-4-6-13(7-12)20(21,22)23)24-10-18-25-15-9-17(29-3)16(28-2)8-14(15)19(27)26-18/h4-9,11,24H,10H2,1-3H3,(H,25,26,27). The Labute approximate surface area is 164 Å². The number of aromatic nitrogens is 2. The van der Waals surface area contributed by atoms with E-state index in [-0.39, 0.29) is 18.1 Å². The largest absolute Gasteiger partial charge is 0.493 e. The topological polar surface area (TPSA) is 76.2 Å². The second-order valence-corrected chi connectivity index (χ2v) is 6.46. The van der Waals surface area contributed by atoms with Crippen molar-refractivity contribution in [2.45, 2.75) is 25.7 Å². The summed E-state index contributed by atoms with van der Waals surface area (Å²) in [6, 6.07) is 7.87. The first-order valence-corrected chi connectivity index (χ1v) is 8.78. The normalized spacial score (nSPS) is 12.8. The van der Waals surface area contributed by atoms with Crippen LogP contribution >= 0.6 is 0 Å². The third-order valence-corrected chi connectivity index (χ3v) is 4.55. The van der Waals surface area contributed by atoms with Gasteiger partial charge in [0.2, 0.25) is 0 Å². The zero-order chi connectivity index (χ0) is 21.2. The Hall–Kier alpha value is -3.07. The Balaban J connectivity index is 1.83. The highest BCUT2D eigenvalue weighted by Gasteiger charge is 2.30. The van der Waals surface area contributed by atoms with E-state index in [1.807, 2.05) is 0 Å². The number of nitrogens with one attached hydrogen (secondary N) is 2. The fourth-order valence-corrected chi connectivity index (χ4v) is 2.95. The number of ether oxygens (including phenoxy) is 2. The maximum absolute atomic E-state index is 12.9. The number of H-pyrrole nitrogens is 1. The summed E-state index contributed by atoms with van der Waals surface area (Å²) in [5, 5.41) is 3.43. The van der Waals surface area contributed by atoms with Crippen LogP contribution in [0.1, 0.15) is 29.9 Å². The molecular weight excluding hydrogens is 387 g/mol. The van der Waals surface area contributed by atoms with Crippen LogP contribution in [0.4, 0.5) is 13.2 Å². The summed E-state index contributed by atoms with van der Waals surface area (Å²) in [7, 11) is 2.95. The average Bonchev–Trinajstić information content (AvgIpc) is 2.70. The van der Waals surface area contributed by atoms with Crippen LogP contribution in [-0.4, -0.2) is 24.2 Å². The van der Waals surface area contributed by atoms with Crippen molar-refractivity contribution in [2.24, 2.45) is 0 Å². The molecule has 0 bridgehead atoms.